The molecule has 23 heavy (non-hydrogen) atoms. The van der Waals surface area contributed by atoms with E-state index in [1.165, 1.54) is 23.9 Å². The van der Waals surface area contributed by atoms with Crippen LogP contribution in [0, 0.1) is 0 Å². The maximum Gasteiger partial charge on any atom is 0.263 e. The molecule has 0 aromatic heterocycles. The van der Waals surface area contributed by atoms with E-state index in [2.05, 4.69) is 20.1 Å². The van der Waals surface area contributed by atoms with Crippen LogP contribution in [0.15, 0.2) is 44.5 Å². The number of ether oxygens (including phenoxy) is 1. The first-order valence-electron chi connectivity index (χ1n) is 7.18. The van der Waals surface area contributed by atoms with Gasteiger partial charge >= 0.3 is 0 Å². The minimum atomic E-state index is -3.60. The van der Waals surface area contributed by atoms with Gasteiger partial charge < -0.3 is 4.74 Å². The maximum absolute atomic E-state index is 12.2. The Hall–Kier alpha value is -1.65. The van der Waals surface area contributed by atoms with Crippen molar-refractivity contribution in [1.82, 2.24) is 9.73 Å². The highest BCUT2D eigenvalue weighted by molar-refractivity contribution is 8.15. The molecular weight excluding hydrogens is 338 g/mol. The fourth-order valence-corrected chi connectivity index (χ4v) is 4.05. The lowest BCUT2D eigenvalue weighted by Crippen LogP contribution is -2.31. The number of aliphatic imine (C=N–C) groups is 1. The number of morpholine rings is 1. The molecule has 0 saturated carbocycles. The second kappa shape index (κ2) is 7.28. The number of thioether (sulfide) groups is 1. The number of nitrogens with zero attached hydrogens (tertiary/aromatic N) is 4. The zero-order chi connectivity index (χ0) is 16.1. The molecule has 1 saturated heterocycles. The molecule has 1 N–H and O–H groups in total. The van der Waals surface area contributed by atoms with Crippen LogP contribution < -0.4 is 4.72 Å². The summed E-state index contributed by atoms with van der Waals surface area (Å²) < 4.78 is 32.2. The van der Waals surface area contributed by atoms with Crippen molar-refractivity contribution in [3.63, 3.8) is 0 Å². The summed E-state index contributed by atoms with van der Waals surface area (Å²) in [7, 11) is -3.60. The van der Waals surface area contributed by atoms with E-state index in [0.29, 0.717) is 43.7 Å². The van der Waals surface area contributed by atoms with Crippen molar-refractivity contribution in [2.24, 2.45) is 15.3 Å². The van der Waals surface area contributed by atoms with Gasteiger partial charge in [-0.15, -0.1) is 5.11 Å². The first-order chi connectivity index (χ1) is 11.1. The van der Waals surface area contributed by atoms with E-state index in [4.69, 9.17) is 4.74 Å². The van der Waals surface area contributed by atoms with Crippen LogP contribution in [0.5, 0.6) is 0 Å². The molecule has 8 nitrogen and oxygen atoms in total. The predicted octanol–water partition coefficient (Wildman–Crippen LogP) is 1.40. The standard InChI is InChI=1S/C13H17N5O3S2/c19-23(20,16-13-14-5-10-22-13)12-3-1-11(2-4-12)15-17-18-6-8-21-9-7-18/h1-4H,5-10H2,(H,14,16). The quantitative estimate of drug-likeness (QED) is 0.824. The van der Waals surface area contributed by atoms with Gasteiger partial charge in [0.15, 0.2) is 5.17 Å². The summed E-state index contributed by atoms with van der Waals surface area (Å²) >= 11 is 1.40. The van der Waals surface area contributed by atoms with E-state index >= 15 is 0 Å². The number of rotatable bonds is 4. The van der Waals surface area contributed by atoms with Crippen LogP contribution in [0.2, 0.25) is 0 Å². The summed E-state index contributed by atoms with van der Waals surface area (Å²) in [5.74, 6) is 0.804. The van der Waals surface area contributed by atoms with E-state index in [-0.39, 0.29) is 4.90 Å². The monoisotopic (exact) mass is 355 g/mol. The van der Waals surface area contributed by atoms with Crippen LogP contribution >= 0.6 is 11.8 Å². The van der Waals surface area contributed by atoms with Gasteiger partial charge in [-0.3, -0.25) is 14.7 Å². The molecule has 0 unspecified atom stereocenters. The molecule has 0 amide bonds. The highest BCUT2D eigenvalue weighted by Crippen LogP contribution is 2.19. The fourth-order valence-electron chi connectivity index (χ4n) is 2.02. The van der Waals surface area contributed by atoms with E-state index in [1.54, 1.807) is 12.1 Å². The Bertz CT molecular complexity index is 697. The van der Waals surface area contributed by atoms with E-state index in [1.807, 2.05) is 5.01 Å². The minimum absolute atomic E-state index is 0.179. The molecule has 1 aromatic rings. The van der Waals surface area contributed by atoms with Crippen molar-refractivity contribution in [3.05, 3.63) is 24.3 Å². The van der Waals surface area contributed by atoms with Gasteiger partial charge in [0, 0.05) is 5.75 Å². The number of sulfonamides is 1. The van der Waals surface area contributed by atoms with E-state index in [9.17, 15) is 8.42 Å². The molecular formula is C13H17N5O3S2. The second-order valence-corrected chi connectivity index (χ2v) is 7.66. The Labute approximate surface area is 139 Å². The van der Waals surface area contributed by atoms with Gasteiger partial charge in [0.2, 0.25) is 0 Å². The lowest BCUT2D eigenvalue weighted by atomic mass is 10.3. The Morgan fingerprint density at radius 3 is 2.61 bits per heavy atom. The molecule has 2 heterocycles. The van der Waals surface area contributed by atoms with Crippen LogP contribution in [0.4, 0.5) is 5.69 Å². The maximum atomic E-state index is 12.2. The summed E-state index contributed by atoms with van der Waals surface area (Å²) in [5, 5.41) is 10.5. The van der Waals surface area contributed by atoms with Crippen LogP contribution in [0.3, 0.4) is 0 Å². The topological polar surface area (TPSA) is 95.7 Å². The number of benzene rings is 1. The van der Waals surface area contributed by atoms with Gasteiger partial charge in [-0.1, -0.05) is 17.0 Å². The van der Waals surface area contributed by atoms with Gasteiger partial charge in [0.1, 0.15) is 0 Å². The third kappa shape index (κ3) is 4.43. The van der Waals surface area contributed by atoms with Gasteiger partial charge in [0.05, 0.1) is 43.4 Å². The number of hydrogen-bond donors (Lipinski definition) is 1. The Morgan fingerprint density at radius 2 is 1.96 bits per heavy atom. The third-order valence-corrected chi connectivity index (χ3v) is 5.60. The van der Waals surface area contributed by atoms with Gasteiger partial charge in [0.25, 0.3) is 10.0 Å². The molecule has 10 heteroatoms. The Morgan fingerprint density at radius 1 is 1.22 bits per heavy atom. The molecule has 0 bridgehead atoms. The largest absolute Gasteiger partial charge is 0.378 e. The fraction of sp³-hybridized carbons (Fsp3) is 0.462. The highest BCUT2D eigenvalue weighted by atomic mass is 32.2. The zero-order valence-electron chi connectivity index (χ0n) is 12.4. The lowest BCUT2D eigenvalue weighted by molar-refractivity contribution is 0.0353. The normalized spacial score (nSPS) is 19.1. The summed E-state index contributed by atoms with van der Waals surface area (Å²) in [4.78, 5) is 4.26. The molecule has 2 aliphatic rings. The summed E-state index contributed by atoms with van der Waals surface area (Å²) in [5.41, 5.74) is 0.600. The van der Waals surface area contributed by atoms with Crippen molar-refractivity contribution in [2.75, 3.05) is 38.6 Å². The smallest absolute Gasteiger partial charge is 0.263 e. The Balaban J connectivity index is 1.65. The van der Waals surface area contributed by atoms with Gasteiger partial charge in [-0.25, -0.2) is 8.42 Å². The third-order valence-electron chi connectivity index (χ3n) is 3.23. The Kier molecular flexibility index (Phi) is 5.13. The molecule has 2 aliphatic heterocycles. The van der Waals surface area contributed by atoms with Crippen LogP contribution in [0.1, 0.15) is 0 Å². The zero-order valence-corrected chi connectivity index (χ0v) is 14.0. The lowest BCUT2D eigenvalue weighted by Gasteiger charge is -2.22. The molecule has 0 aliphatic carbocycles. The SMILES string of the molecule is O=S(=O)(NC1=NCCS1)c1ccc(N=NN2CCOCC2)cc1. The summed E-state index contributed by atoms with van der Waals surface area (Å²) in [6.45, 7) is 3.34. The van der Waals surface area contributed by atoms with Crippen LogP contribution in [-0.2, 0) is 14.8 Å². The van der Waals surface area contributed by atoms with Crippen molar-refractivity contribution >= 4 is 32.6 Å². The molecule has 0 radical (unpaired) electrons. The molecule has 1 aromatic carbocycles. The number of amidine groups is 1. The first-order valence-corrected chi connectivity index (χ1v) is 9.65. The molecule has 3 rings (SSSR count). The van der Waals surface area contributed by atoms with Crippen molar-refractivity contribution < 1.29 is 13.2 Å². The molecule has 1 fully saturated rings. The minimum Gasteiger partial charge on any atom is -0.378 e. The molecule has 0 atom stereocenters. The number of nitrogens with one attached hydrogen (secondary N) is 1. The molecule has 0 spiro atoms. The van der Waals surface area contributed by atoms with Gasteiger partial charge in [-0.2, -0.15) is 0 Å². The van der Waals surface area contributed by atoms with Crippen LogP contribution in [-0.4, -0.2) is 57.2 Å². The summed E-state index contributed by atoms with van der Waals surface area (Å²) in [6.07, 6.45) is 0. The average Bonchev–Trinajstić information content (AvgIpc) is 3.06. The van der Waals surface area contributed by atoms with E-state index < -0.39 is 10.0 Å². The van der Waals surface area contributed by atoms with Gasteiger partial charge in [-0.05, 0) is 24.3 Å². The summed E-state index contributed by atoms with van der Waals surface area (Å²) in [6, 6.07) is 6.27. The van der Waals surface area contributed by atoms with Crippen molar-refractivity contribution in [2.45, 2.75) is 4.90 Å². The average molecular weight is 355 g/mol. The van der Waals surface area contributed by atoms with E-state index in [0.717, 1.165) is 5.75 Å². The highest BCUT2D eigenvalue weighted by Gasteiger charge is 2.18. The van der Waals surface area contributed by atoms with Crippen molar-refractivity contribution in [1.29, 1.82) is 0 Å². The molecule has 124 valence electrons. The predicted molar refractivity (Wildman–Crippen MR) is 88.4 cm³/mol. The van der Waals surface area contributed by atoms with Crippen LogP contribution in [0.25, 0.3) is 0 Å². The first kappa shape index (κ1) is 16.2. The van der Waals surface area contributed by atoms with Crippen molar-refractivity contribution in [3.8, 4) is 0 Å². The second-order valence-electron chi connectivity index (χ2n) is 4.89. The number of hydrogen-bond acceptors (Lipinski definition) is 7.